The molecule has 1 atom stereocenters. The Bertz CT molecular complexity index is 2560. The average molecular weight is 651 g/mol. The summed E-state index contributed by atoms with van der Waals surface area (Å²) in [4.78, 5) is 0. The molecular weight excluding hydrogens is 613 g/mol. The Hall–Kier alpha value is -6.36. The minimum absolute atomic E-state index is 0.477. The summed E-state index contributed by atoms with van der Waals surface area (Å²) in [6, 6.07) is 42.2. The van der Waals surface area contributed by atoms with E-state index in [0.29, 0.717) is 5.70 Å². The van der Waals surface area contributed by atoms with Gasteiger partial charge < -0.3 is 20.3 Å². The largest absolute Gasteiger partial charge is 0.456 e. The molecule has 4 N–H and O–H groups in total. The second kappa shape index (κ2) is 14.8. The first-order valence-corrected chi connectivity index (χ1v) is 16.7. The number of aryl methyl sites for hydroxylation is 1. The Balaban J connectivity index is 0.000000501. The SMILES string of the molecule is Cc1ccccc1.N/C(=C\C(N)C1=C/C=C/C=c2/oc3ccccc3/c2=C/C=C/C=C\1c1ccc2oc3ccccc3c2c1)c1ccccc1. The van der Waals surface area contributed by atoms with E-state index < -0.39 is 6.04 Å². The smallest absolute Gasteiger partial charge is 0.135 e. The van der Waals surface area contributed by atoms with E-state index in [0.717, 1.165) is 65.8 Å². The molecule has 0 saturated heterocycles. The van der Waals surface area contributed by atoms with Crippen molar-refractivity contribution in [1.82, 2.24) is 0 Å². The topological polar surface area (TPSA) is 78.3 Å². The number of allylic oxidation sites excluding steroid dienone is 6. The third-order valence-corrected chi connectivity index (χ3v) is 8.70. The molecule has 4 nitrogen and oxygen atoms in total. The van der Waals surface area contributed by atoms with Crippen LogP contribution in [0.5, 0.6) is 0 Å². The van der Waals surface area contributed by atoms with Crippen molar-refractivity contribution < 1.29 is 8.83 Å². The van der Waals surface area contributed by atoms with Crippen molar-refractivity contribution in [3.8, 4) is 0 Å². The first-order chi connectivity index (χ1) is 24.5. The van der Waals surface area contributed by atoms with Crippen molar-refractivity contribution in [2.75, 3.05) is 0 Å². The summed E-state index contributed by atoms with van der Waals surface area (Å²) in [6.45, 7) is 2.08. The lowest BCUT2D eigenvalue weighted by atomic mass is 9.90. The van der Waals surface area contributed by atoms with Crippen LogP contribution in [0, 0.1) is 6.92 Å². The molecule has 0 spiro atoms. The molecule has 0 fully saturated rings. The number of hydrogen-bond acceptors (Lipinski definition) is 4. The maximum Gasteiger partial charge on any atom is 0.135 e. The van der Waals surface area contributed by atoms with Crippen LogP contribution in [0.2, 0.25) is 0 Å². The van der Waals surface area contributed by atoms with Gasteiger partial charge >= 0.3 is 0 Å². The molecule has 2 aromatic heterocycles. The normalized spacial score (nSPS) is 18.6. The van der Waals surface area contributed by atoms with E-state index >= 15 is 0 Å². The zero-order valence-corrected chi connectivity index (χ0v) is 27.9. The highest BCUT2D eigenvalue weighted by atomic mass is 16.3. The van der Waals surface area contributed by atoms with Crippen LogP contribution in [0.25, 0.3) is 56.3 Å². The third kappa shape index (κ3) is 7.07. The summed E-state index contributed by atoms with van der Waals surface area (Å²) in [5.74, 6) is 0. The van der Waals surface area contributed by atoms with E-state index in [9.17, 15) is 0 Å². The minimum atomic E-state index is -0.477. The van der Waals surface area contributed by atoms with E-state index in [2.05, 4.69) is 67.6 Å². The Labute approximate surface area is 291 Å². The van der Waals surface area contributed by atoms with E-state index in [1.165, 1.54) is 5.56 Å². The number of benzene rings is 5. The number of rotatable bonds is 4. The van der Waals surface area contributed by atoms with Crippen molar-refractivity contribution in [2.24, 2.45) is 11.5 Å². The third-order valence-electron chi connectivity index (χ3n) is 8.70. The standard InChI is InChI=1S/C39H30N2O2.C7H8/c40-34(26-12-2-1-3-13-26)25-35(41)29-15-6-9-19-36-30(31-17-7-10-20-37(31)42-36)16-5-4-14-28(29)27-22-23-39-33(24-27)32-18-8-11-21-38(32)43-39;1-7-5-3-2-4-6-7/h1-25,35H,40-41H2;2-6H,1H3/b5-4+,9-6+,14-4?,15-6?,16-5?,19-9?,28-14-,29-15+,29-28?,30-16-,34-25-,36-19+;. The van der Waals surface area contributed by atoms with Crippen LogP contribution in [0.4, 0.5) is 0 Å². The summed E-state index contributed by atoms with van der Waals surface area (Å²) >= 11 is 0. The van der Waals surface area contributed by atoms with E-state index in [1.54, 1.807) is 0 Å². The number of fused-ring (bicyclic) bond motifs is 6. The van der Waals surface area contributed by atoms with Gasteiger partial charge in [-0.25, -0.2) is 0 Å². The van der Waals surface area contributed by atoms with Crippen LogP contribution < -0.4 is 22.1 Å². The average Bonchev–Trinajstić information content (AvgIpc) is 3.69. The predicted octanol–water partition coefficient (Wildman–Crippen LogP) is 9.35. The Morgan fingerprint density at radius 1 is 0.580 bits per heavy atom. The molecule has 0 aliphatic heterocycles. The Morgan fingerprint density at radius 3 is 1.92 bits per heavy atom. The molecule has 1 unspecified atom stereocenters. The van der Waals surface area contributed by atoms with Crippen molar-refractivity contribution in [3.63, 3.8) is 0 Å². The Kier molecular flexibility index (Phi) is 9.54. The first-order valence-electron chi connectivity index (χ1n) is 16.7. The zero-order valence-electron chi connectivity index (χ0n) is 27.9. The quantitative estimate of drug-likeness (QED) is 0.199. The molecule has 2 heterocycles. The molecule has 0 radical (unpaired) electrons. The van der Waals surface area contributed by atoms with Crippen LogP contribution in [0.1, 0.15) is 16.7 Å². The Morgan fingerprint density at radius 2 is 1.18 bits per heavy atom. The van der Waals surface area contributed by atoms with Gasteiger partial charge in [0.05, 0.1) is 6.04 Å². The fourth-order valence-corrected chi connectivity index (χ4v) is 6.16. The van der Waals surface area contributed by atoms with Crippen molar-refractivity contribution in [3.05, 3.63) is 203 Å². The molecule has 50 heavy (non-hydrogen) atoms. The molecule has 5 aromatic carbocycles. The van der Waals surface area contributed by atoms with Gasteiger partial charge in [-0.05, 0) is 65.6 Å². The van der Waals surface area contributed by atoms with Crippen LogP contribution in [0.15, 0.2) is 184 Å². The fraction of sp³-hybridized carbons (Fsp3) is 0.0435. The maximum absolute atomic E-state index is 6.93. The lowest BCUT2D eigenvalue weighted by Gasteiger charge is -2.18. The first kappa shape index (κ1) is 32.2. The zero-order chi connectivity index (χ0) is 34.3. The van der Waals surface area contributed by atoms with Crippen molar-refractivity contribution >= 4 is 56.3 Å². The summed E-state index contributed by atoms with van der Waals surface area (Å²) in [5.41, 5.74) is 22.7. The monoisotopic (exact) mass is 650 g/mol. The minimum Gasteiger partial charge on any atom is -0.456 e. The number of hydrogen-bond donors (Lipinski definition) is 2. The number of furan rings is 2. The fourth-order valence-electron chi connectivity index (χ4n) is 6.16. The summed E-state index contributed by atoms with van der Waals surface area (Å²) in [5, 5.41) is 4.25. The molecule has 244 valence electrons. The second-order valence-electron chi connectivity index (χ2n) is 12.2. The van der Waals surface area contributed by atoms with Gasteiger partial charge in [-0.15, -0.1) is 0 Å². The van der Waals surface area contributed by atoms with Crippen LogP contribution in [-0.4, -0.2) is 6.04 Å². The molecule has 1 aliphatic rings. The van der Waals surface area contributed by atoms with Crippen LogP contribution in [0.3, 0.4) is 0 Å². The van der Waals surface area contributed by atoms with Crippen LogP contribution in [-0.2, 0) is 0 Å². The molecule has 7 aromatic rings. The summed E-state index contributed by atoms with van der Waals surface area (Å²) in [7, 11) is 0. The molecule has 4 heteroatoms. The van der Waals surface area contributed by atoms with Gasteiger partial charge in [0.2, 0.25) is 0 Å². The van der Waals surface area contributed by atoms with Crippen molar-refractivity contribution in [2.45, 2.75) is 13.0 Å². The van der Waals surface area contributed by atoms with Crippen LogP contribution >= 0.6 is 0 Å². The number of para-hydroxylation sites is 2. The molecular formula is C46H38N2O2. The highest BCUT2D eigenvalue weighted by Crippen LogP contribution is 2.34. The van der Waals surface area contributed by atoms with Gasteiger partial charge in [0.15, 0.2) is 0 Å². The molecule has 0 amide bonds. The summed E-state index contributed by atoms with van der Waals surface area (Å²) in [6.07, 6.45) is 18.2. The van der Waals surface area contributed by atoms with Gasteiger partial charge in [-0.2, -0.15) is 0 Å². The van der Waals surface area contributed by atoms with E-state index in [4.69, 9.17) is 20.3 Å². The molecule has 0 saturated carbocycles. The van der Waals surface area contributed by atoms with Crippen molar-refractivity contribution in [1.29, 1.82) is 0 Å². The van der Waals surface area contributed by atoms with Gasteiger partial charge in [-0.3, -0.25) is 0 Å². The van der Waals surface area contributed by atoms with Gasteiger partial charge in [0.1, 0.15) is 22.2 Å². The summed E-state index contributed by atoms with van der Waals surface area (Å²) < 4.78 is 12.3. The maximum atomic E-state index is 6.93. The molecule has 0 bridgehead atoms. The van der Waals surface area contributed by atoms with Gasteiger partial charge in [0.25, 0.3) is 0 Å². The van der Waals surface area contributed by atoms with E-state index in [-0.39, 0.29) is 0 Å². The molecule has 8 rings (SSSR count). The number of nitrogens with two attached hydrogens (primary N) is 2. The van der Waals surface area contributed by atoms with Gasteiger partial charge in [-0.1, -0.05) is 151 Å². The van der Waals surface area contributed by atoms with E-state index in [1.807, 2.05) is 121 Å². The lowest BCUT2D eigenvalue weighted by molar-refractivity contribution is 0.576. The second-order valence-corrected chi connectivity index (χ2v) is 12.2. The van der Waals surface area contributed by atoms with Gasteiger partial charge in [0, 0.05) is 27.1 Å². The highest BCUT2D eigenvalue weighted by molar-refractivity contribution is 6.06. The molecule has 1 aliphatic carbocycles. The highest BCUT2D eigenvalue weighted by Gasteiger charge is 2.16. The lowest BCUT2D eigenvalue weighted by Crippen LogP contribution is -2.22. The predicted molar refractivity (Wildman–Crippen MR) is 210 cm³/mol.